The van der Waals surface area contributed by atoms with Crippen LogP contribution < -0.4 is 5.11 Å². The lowest BCUT2D eigenvalue weighted by Crippen LogP contribution is -2.21. The molecule has 0 aliphatic rings. The first-order valence-electron chi connectivity index (χ1n) is 2.97. The standard InChI is InChI=1S/C6H8N2O3/c1-11-4-8-3-5(2-7-8)6(9)10/h2-3H,4H2,1H3,(H,9,10)/p-1. The molecule has 1 heterocycles. The van der Waals surface area contributed by atoms with Crippen LogP contribution >= 0.6 is 0 Å². The zero-order valence-corrected chi connectivity index (χ0v) is 5.98. The van der Waals surface area contributed by atoms with Crippen LogP contribution in [0.15, 0.2) is 12.4 Å². The van der Waals surface area contributed by atoms with Gasteiger partial charge in [0.2, 0.25) is 0 Å². The third kappa shape index (κ3) is 1.78. The molecular weight excluding hydrogens is 148 g/mol. The molecule has 1 rings (SSSR count). The summed E-state index contributed by atoms with van der Waals surface area (Å²) in [6.45, 7) is 0.243. The highest BCUT2D eigenvalue weighted by molar-refractivity contribution is 5.84. The van der Waals surface area contributed by atoms with E-state index in [0.29, 0.717) is 0 Å². The van der Waals surface area contributed by atoms with Gasteiger partial charge in [0.25, 0.3) is 0 Å². The Balaban J connectivity index is 2.73. The summed E-state index contributed by atoms with van der Waals surface area (Å²) in [5, 5.41) is 13.9. The van der Waals surface area contributed by atoms with Crippen LogP contribution in [-0.2, 0) is 11.5 Å². The van der Waals surface area contributed by atoms with E-state index in [1.807, 2.05) is 0 Å². The zero-order chi connectivity index (χ0) is 8.27. The number of hydrogen-bond donors (Lipinski definition) is 0. The topological polar surface area (TPSA) is 67.2 Å². The highest BCUT2D eigenvalue weighted by Crippen LogP contribution is 1.94. The van der Waals surface area contributed by atoms with Gasteiger partial charge in [0, 0.05) is 18.9 Å². The molecule has 0 amide bonds. The van der Waals surface area contributed by atoms with Crippen molar-refractivity contribution in [1.82, 2.24) is 9.78 Å². The van der Waals surface area contributed by atoms with Gasteiger partial charge in [-0.15, -0.1) is 0 Å². The van der Waals surface area contributed by atoms with Crippen molar-refractivity contribution >= 4 is 5.97 Å². The van der Waals surface area contributed by atoms with Crippen LogP contribution in [0.3, 0.4) is 0 Å². The Labute approximate surface area is 63.2 Å². The molecule has 0 fully saturated rings. The van der Waals surface area contributed by atoms with E-state index in [2.05, 4.69) is 5.10 Å². The van der Waals surface area contributed by atoms with Crippen molar-refractivity contribution in [2.45, 2.75) is 6.73 Å². The highest BCUT2D eigenvalue weighted by Gasteiger charge is 1.96. The average Bonchev–Trinajstić information content (AvgIpc) is 2.37. The van der Waals surface area contributed by atoms with Crippen molar-refractivity contribution in [2.75, 3.05) is 7.11 Å². The van der Waals surface area contributed by atoms with Gasteiger partial charge in [-0.2, -0.15) is 5.10 Å². The summed E-state index contributed by atoms with van der Waals surface area (Å²) >= 11 is 0. The van der Waals surface area contributed by atoms with Crippen molar-refractivity contribution in [2.24, 2.45) is 0 Å². The Morgan fingerprint density at radius 2 is 2.64 bits per heavy atom. The third-order valence-electron chi connectivity index (χ3n) is 1.13. The quantitative estimate of drug-likeness (QED) is 0.552. The van der Waals surface area contributed by atoms with Crippen LogP contribution in [0.4, 0.5) is 0 Å². The number of methoxy groups -OCH3 is 1. The number of ether oxygens (including phenoxy) is 1. The SMILES string of the molecule is COCn1cc(C(=O)[O-])cn1. The minimum Gasteiger partial charge on any atom is -0.545 e. The summed E-state index contributed by atoms with van der Waals surface area (Å²) in [5.74, 6) is -1.23. The van der Waals surface area contributed by atoms with E-state index in [0.717, 1.165) is 0 Å². The number of hydrogen-bond acceptors (Lipinski definition) is 4. The number of carbonyl (C=O) groups is 1. The minimum absolute atomic E-state index is 0.0575. The molecule has 0 spiro atoms. The van der Waals surface area contributed by atoms with Crippen LogP contribution in [0, 0.1) is 0 Å². The molecule has 11 heavy (non-hydrogen) atoms. The van der Waals surface area contributed by atoms with E-state index >= 15 is 0 Å². The number of rotatable bonds is 3. The maximum atomic E-state index is 10.2. The summed E-state index contributed by atoms with van der Waals surface area (Å²) in [4.78, 5) is 10.2. The summed E-state index contributed by atoms with van der Waals surface area (Å²) in [7, 11) is 1.50. The lowest BCUT2D eigenvalue weighted by atomic mass is 10.4. The molecule has 0 aromatic carbocycles. The molecule has 5 nitrogen and oxygen atoms in total. The Morgan fingerprint density at radius 3 is 3.09 bits per heavy atom. The summed E-state index contributed by atoms with van der Waals surface area (Å²) in [5.41, 5.74) is 0.0575. The fourth-order valence-electron chi connectivity index (χ4n) is 0.672. The van der Waals surface area contributed by atoms with Crippen LogP contribution in [0.1, 0.15) is 10.4 Å². The number of aromatic carboxylic acids is 1. The van der Waals surface area contributed by atoms with Crippen molar-refractivity contribution in [3.63, 3.8) is 0 Å². The van der Waals surface area contributed by atoms with E-state index in [4.69, 9.17) is 4.74 Å². The first-order valence-corrected chi connectivity index (χ1v) is 2.97. The molecule has 0 aliphatic carbocycles. The average molecular weight is 155 g/mol. The fraction of sp³-hybridized carbons (Fsp3) is 0.333. The second-order valence-corrected chi connectivity index (χ2v) is 1.97. The largest absolute Gasteiger partial charge is 0.545 e. The molecule has 0 saturated heterocycles. The van der Waals surface area contributed by atoms with Gasteiger partial charge < -0.3 is 14.6 Å². The number of aromatic nitrogens is 2. The van der Waals surface area contributed by atoms with E-state index in [1.54, 1.807) is 0 Å². The van der Waals surface area contributed by atoms with E-state index < -0.39 is 5.97 Å². The second-order valence-electron chi connectivity index (χ2n) is 1.97. The van der Waals surface area contributed by atoms with Crippen LogP contribution in [-0.4, -0.2) is 22.9 Å². The number of carbonyl (C=O) groups excluding carboxylic acids is 1. The number of carboxylic acid groups (broad SMARTS) is 1. The minimum atomic E-state index is -1.23. The van der Waals surface area contributed by atoms with E-state index in [-0.39, 0.29) is 12.3 Å². The first-order chi connectivity index (χ1) is 5.24. The summed E-state index contributed by atoms with van der Waals surface area (Å²) in [6, 6.07) is 0. The zero-order valence-electron chi connectivity index (χ0n) is 5.98. The summed E-state index contributed by atoms with van der Waals surface area (Å²) < 4.78 is 6.07. The number of carboxylic acids is 1. The van der Waals surface area contributed by atoms with Crippen LogP contribution in [0.2, 0.25) is 0 Å². The highest BCUT2D eigenvalue weighted by atomic mass is 16.5. The molecule has 0 saturated carbocycles. The molecule has 0 radical (unpaired) electrons. The monoisotopic (exact) mass is 155 g/mol. The normalized spacial score (nSPS) is 9.91. The van der Waals surface area contributed by atoms with E-state index in [1.165, 1.54) is 24.2 Å². The molecule has 0 bridgehead atoms. The van der Waals surface area contributed by atoms with Gasteiger partial charge in [0.1, 0.15) is 6.73 Å². The summed E-state index contributed by atoms with van der Waals surface area (Å²) in [6.07, 6.45) is 2.56. The molecule has 0 unspecified atom stereocenters. The molecule has 0 atom stereocenters. The molecule has 5 heteroatoms. The predicted molar refractivity (Wildman–Crippen MR) is 33.6 cm³/mol. The van der Waals surface area contributed by atoms with Gasteiger partial charge in [-0.3, -0.25) is 0 Å². The smallest absolute Gasteiger partial charge is 0.138 e. The maximum absolute atomic E-state index is 10.2. The Morgan fingerprint density at radius 1 is 1.91 bits per heavy atom. The van der Waals surface area contributed by atoms with Crippen molar-refractivity contribution in [1.29, 1.82) is 0 Å². The van der Waals surface area contributed by atoms with E-state index in [9.17, 15) is 9.90 Å². The molecule has 0 aliphatic heterocycles. The van der Waals surface area contributed by atoms with Gasteiger partial charge in [-0.1, -0.05) is 0 Å². The molecule has 0 N–H and O–H groups in total. The van der Waals surface area contributed by atoms with Crippen molar-refractivity contribution in [3.05, 3.63) is 18.0 Å². The first kappa shape index (κ1) is 7.74. The Hall–Kier alpha value is -1.36. The molecule has 1 aromatic heterocycles. The lowest BCUT2D eigenvalue weighted by Gasteiger charge is -1.96. The van der Waals surface area contributed by atoms with Crippen LogP contribution in [0.5, 0.6) is 0 Å². The van der Waals surface area contributed by atoms with Gasteiger partial charge in [0.15, 0.2) is 0 Å². The van der Waals surface area contributed by atoms with Crippen molar-refractivity contribution in [3.8, 4) is 0 Å². The second kappa shape index (κ2) is 3.16. The van der Waals surface area contributed by atoms with Crippen molar-refractivity contribution < 1.29 is 14.6 Å². The van der Waals surface area contributed by atoms with Gasteiger partial charge in [0.05, 0.1) is 12.2 Å². The maximum Gasteiger partial charge on any atom is 0.138 e. The molecular formula is C6H7N2O3-. The predicted octanol–water partition coefficient (Wildman–Crippen LogP) is -1.15. The Kier molecular flexibility index (Phi) is 2.22. The third-order valence-corrected chi connectivity index (χ3v) is 1.13. The van der Waals surface area contributed by atoms with Gasteiger partial charge in [-0.25, -0.2) is 4.68 Å². The molecule has 60 valence electrons. The fourth-order valence-corrected chi connectivity index (χ4v) is 0.672. The number of nitrogens with zero attached hydrogens (tertiary/aromatic N) is 2. The Bertz CT molecular complexity index is 256. The van der Waals surface area contributed by atoms with Gasteiger partial charge in [-0.05, 0) is 0 Å². The van der Waals surface area contributed by atoms with Crippen LogP contribution in [0.25, 0.3) is 0 Å². The van der Waals surface area contributed by atoms with Gasteiger partial charge >= 0.3 is 0 Å². The lowest BCUT2D eigenvalue weighted by molar-refractivity contribution is -0.255. The molecule has 1 aromatic rings.